The lowest BCUT2D eigenvalue weighted by Crippen LogP contribution is -2.42. The molecule has 0 aromatic heterocycles. The highest BCUT2D eigenvalue weighted by Crippen LogP contribution is 2.47. The van der Waals surface area contributed by atoms with E-state index < -0.39 is 17.2 Å². The third kappa shape index (κ3) is 17.6. The lowest BCUT2D eigenvalue weighted by Gasteiger charge is -2.41. The SMILES string of the molecule is C=CC(=C)OCCCOC1CCC(C(=O)OC2(C#CC#CC3(OC(=O)C4CCC(OCCCOC(=O)C=C)CC4)CCC(C4CCC(CCC)CC4)CC3)CCC(C3CCC(CCC)CC3)CC2)CC1. The first kappa shape index (κ1) is 55.8. The van der Waals surface area contributed by atoms with Crippen molar-refractivity contribution in [3.05, 3.63) is 37.6 Å². The minimum Gasteiger partial charge on any atom is -0.494 e. The minimum atomic E-state index is -0.871. The van der Waals surface area contributed by atoms with Crippen molar-refractivity contribution < 1.29 is 42.8 Å². The molecule has 6 fully saturated rings. The van der Waals surface area contributed by atoms with Gasteiger partial charge in [0.05, 0.1) is 50.5 Å². The molecule has 6 aliphatic rings. The van der Waals surface area contributed by atoms with Crippen molar-refractivity contribution in [2.75, 3.05) is 26.4 Å². The highest BCUT2D eigenvalue weighted by Gasteiger charge is 2.44. The number of carbonyl (C=O) groups is 3. The van der Waals surface area contributed by atoms with Gasteiger partial charge >= 0.3 is 17.9 Å². The van der Waals surface area contributed by atoms with Crippen LogP contribution in [0.3, 0.4) is 0 Å². The van der Waals surface area contributed by atoms with Crippen molar-refractivity contribution in [2.45, 2.75) is 230 Å². The fourth-order valence-corrected chi connectivity index (χ4v) is 13.3. The van der Waals surface area contributed by atoms with E-state index in [1.165, 1.54) is 83.1 Å². The van der Waals surface area contributed by atoms with Gasteiger partial charge in [0.15, 0.2) is 11.2 Å². The first-order valence-corrected chi connectivity index (χ1v) is 28.5. The molecule has 9 heteroatoms. The third-order valence-electron chi connectivity index (χ3n) is 17.6. The molecule has 0 aromatic carbocycles. The van der Waals surface area contributed by atoms with Crippen molar-refractivity contribution in [3.8, 4) is 23.7 Å². The molecule has 0 bridgehead atoms. The van der Waals surface area contributed by atoms with Gasteiger partial charge in [-0.2, -0.15) is 0 Å². The summed E-state index contributed by atoms with van der Waals surface area (Å²) in [5, 5.41) is 0. The quantitative estimate of drug-likeness (QED) is 0.0188. The lowest BCUT2D eigenvalue weighted by atomic mass is 9.67. The zero-order valence-corrected chi connectivity index (χ0v) is 43.8. The molecule has 6 aliphatic carbocycles. The van der Waals surface area contributed by atoms with Crippen LogP contribution in [0.4, 0.5) is 0 Å². The van der Waals surface area contributed by atoms with Gasteiger partial charge in [0.25, 0.3) is 0 Å². The molecule has 9 nitrogen and oxygen atoms in total. The van der Waals surface area contributed by atoms with Crippen LogP contribution in [0.1, 0.15) is 206 Å². The molecule has 0 saturated heterocycles. The van der Waals surface area contributed by atoms with E-state index in [2.05, 4.69) is 57.3 Å². The molecule has 0 unspecified atom stereocenters. The summed E-state index contributed by atoms with van der Waals surface area (Å²) in [6, 6.07) is 0. The Balaban J connectivity index is 1.10. The van der Waals surface area contributed by atoms with Gasteiger partial charge in [0, 0.05) is 18.9 Å². The summed E-state index contributed by atoms with van der Waals surface area (Å²) in [6.07, 6.45) is 33.4. The Hall–Kier alpha value is -3.53. The Bertz CT molecular complexity index is 1630. The van der Waals surface area contributed by atoms with E-state index in [-0.39, 0.29) is 36.0 Å². The monoisotopic (exact) mass is 969 g/mol. The maximum atomic E-state index is 14.1. The molecule has 0 spiro atoms. The largest absolute Gasteiger partial charge is 0.494 e. The predicted molar refractivity (Wildman–Crippen MR) is 277 cm³/mol. The normalized spacial score (nSPS) is 33.4. The van der Waals surface area contributed by atoms with Crippen LogP contribution < -0.4 is 0 Å². The van der Waals surface area contributed by atoms with Crippen molar-refractivity contribution >= 4 is 17.9 Å². The Morgan fingerprint density at radius 3 is 1.26 bits per heavy atom. The van der Waals surface area contributed by atoms with Crippen LogP contribution in [-0.4, -0.2) is 67.7 Å². The molecule has 6 saturated carbocycles. The van der Waals surface area contributed by atoms with Gasteiger partial charge < -0.3 is 28.4 Å². The van der Waals surface area contributed by atoms with E-state index in [1.54, 1.807) is 6.08 Å². The van der Waals surface area contributed by atoms with Crippen molar-refractivity contribution in [1.82, 2.24) is 0 Å². The first-order chi connectivity index (χ1) is 34.0. The number of esters is 3. The first-order valence-electron chi connectivity index (χ1n) is 28.5. The molecular weight excluding hydrogens is 877 g/mol. The third-order valence-corrected chi connectivity index (χ3v) is 17.6. The van der Waals surface area contributed by atoms with Crippen LogP contribution in [0, 0.1) is 71.0 Å². The van der Waals surface area contributed by atoms with Crippen molar-refractivity contribution in [1.29, 1.82) is 0 Å². The van der Waals surface area contributed by atoms with Crippen LogP contribution in [0.5, 0.6) is 0 Å². The van der Waals surface area contributed by atoms with E-state index in [1.807, 2.05) is 0 Å². The Morgan fingerprint density at radius 1 is 0.500 bits per heavy atom. The number of allylic oxidation sites excluding steroid dienone is 1. The van der Waals surface area contributed by atoms with Crippen LogP contribution in [0.2, 0.25) is 0 Å². The molecule has 0 atom stereocenters. The van der Waals surface area contributed by atoms with Gasteiger partial charge in [-0.3, -0.25) is 9.59 Å². The number of ether oxygens (including phenoxy) is 6. The minimum absolute atomic E-state index is 0.0811. The summed E-state index contributed by atoms with van der Waals surface area (Å²) in [7, 11) is 0. The van der Waals surface area contributed by atoms with Gasteiger partial charge in [0.1, 0.15) is 5.76 Å². The zero-order chi connectivity index (χ0) is 49.6. The van der Waals surface area contributed by atoms with E-state index in [0.29, 0.717) is 63.3 Å². The molecule has 70 heavy (non-hydrogen) atoms. The van der Waals surface area contributed by atoms with E-state index >= 15 is 0 Å². The van der Waals surface area contributed by atoms with E-state index in [4.69, 9.17) is 28.4 Å². The molecule has 0 heterocycles. The molecule has 0 radical (unpaired) electrons. The number of carbonyl (C=O) groups excluding carboxylic acids is 3. The molecular formula is C61H92O9. The van der Waals surface area contributed by atoms with Gasteiger partial charge in [-0.1, -0.05) is 85.0 Å². The van der Waals surface area contributed by atoms with Crippen molar-refractivity contribution in [3.63, 3.8) is 0 Å². The van der Waals surface area contributed by atoms with Crippen LogP contribution in [0.15, 0.2) is 37.6 Å². The van der Waals surface area contributed by atoms with Gasteiger partial charge in [0.2, 0.25) is 0 Å². The molecule has 390 valence electrons. The Labute approximate surface area is 424 Å². The maximum Gasteiger partial charge on any atom is 0.330 e. The molecule has 6 rings (SSSR count). The second-order valence-corrected chi connectivity index (χ2v) is 22.4. The van der Waals surface area contributed by atoms with E-state index in [0.717, 1.165) is 120 Å². The highest BCUT2D eigenvalue weighted by atomic mass is 16.6. The summed E-state index contributed by atoms with van der Waals surface area (Å²) in [5.41, 5.74) is -1.73. The Morgan fingerprint density at radius 2 is 0.886 bits per heavy atom. The maximum absolute atomic E-state index is 14.1. The molecule has 0 amide bonds. The van der Waals surface area contributed by atoms with Gasteiger partial charge in [-0.05, 0) is 194 Å². The summed E-state index contributed by atoms with van der Waals surface area (Å²) in [6.45, 7) is 17.5. The highest BCUT2D eigenvalue weighted by molar-refractivity contribution is 5.81. The van der Waals surface area contributed by atoms with Crippen LogP contribution in [-0.2, 0) is 42.8 Å². The zero-order valence-electron chi connectivity index (χ0n) is 43.8. The van der Waals surface area contributed by atoms with E-state index in [9.17, 15) is 14.4 Å². The smallest absolute Gasteiger partial charge is 0.330 e. The Kier molecular flexibility index (Phi) is 23.3. The summed E-state index contributed by atoms with van der Waals surface area (Å²) >= 11 is 0. The van der Waals surface area contributed by atoms with Crippen LogP contribution in [0.25, 0.3) is 0 Å². The second kappa shape index (κ2) is 29.2. The predicted octanol–water partition coefficient (Wildman–Crippen LogP) is 13.5. The van der Waals surface area contributed by atoms with Gasteiger partial charge in [-0.25, -0.2) is 4.79 Å². The summed E-state index contributed by atoms with van der Waals surface area (Å²) < 4.78 is 36.1. The average Bonchev–Trinajstić information content (AvgIpc) is 3.39. The second-order valence-electron chi connectivity index (χ2n) is 22.4. The number of hydrogen-bond acceptors (Lipinski definition) is 9. The molecule has 0 aliphatic heterocycles. The number of rotatable bonds is 23. The summed E-state index contributed by atoms with van der Waals surface area (Å²) in [5.74, 6) is 17.6. The molecule has 0 N–H and O–H groups in total. The molecule has 0 aromatic rings. The fraction of sp³-hybridized carbons (Fsp3) is 0.787. The van der Waals surface area contributed by atoms with Crippen molar-refractivity contribution in [2.24, 2.45) is 47.3 Å². The topological polar surface area (TPSA) is 107 Å². The fourth-order valence-electron chi connectivity index (χ4n) is 13.3. The lowest BCUT2D eigenvalue weighted by molar-refractivity contribution is -0.166. The standard InChI is InChI=1S/C61H92O9/c1-6-14-47-16-20-49(21-17-47)51-32-38-60(39-33-51,69-58(63)53-24-28-55(29-25-53)66-43-12-42-65-46(5)8-3)36-10-11-37-61(40-34-52(35-41-61)50-22-18-48(15-7-2)19-23-50)70-59(64)54-26-30-56(31-27-54)67-44-13-45-68-57(62)9-4/h8-9,47-56H,3-7,12-35,38-45H2,1-2H3. The van der Waals surface area contributed by atoms with Crippen LogP contribution >= 0.6 is 0 Å². The van der Waals surface area contributed by atoms with Gasteiger partial charge in [-0.15, -0.1) is 0 Å². The summed E-state index contributed by atoms with van der Waals surface area (Å²) in [4.78, 5) is 39.6. The number of hydrogen-bond donors (Lipinski definition) is 0. The average molecular weight is 969 g/mol.